The van der Waals surface area contributed by atoms with Gasteiger partial charge in [-0.15, -0.1) is 0 Å². The number of halogens is 1. The first-order chi connectivity index (χ1) is 14.0. The van der Waals surface area contributed by atoms with Crippen LogP contribution < -0.4 is 9.64 Å². The molecule has 2 rings (SSSR count). The van der Waals surface area contributed by atoms with E-state index in [1.807, 2.05) is 13.0 Å². The molecule has 0 spiro atoms. The molecule has 0 aromatic heterocycles. The maximum atomic E-state index is 13.1. The van der Waals surface area contributed by atoms with Crippen molar-refractivity contribution < 1.29 is 23.5 Å². The highest BCUT2D eigenvalue weighted by Gasteiger charge is 2.17. The summed E-state index contributed by atoms with van der Waals surface area (Å²) < 4.78 is 23.4. The Labute approximate surface area is 168 Å². The van der Waals surface area contributed by atoms with Gasteiger partial charge in [0, 0.05) is 18.3 Å². The fraction of sp³-hybridized carbons (Fsp3) is 0.227. The summed E-state index contributed by atoms with van der Waals surface area (Å²) in [4.78, 5) is 25.6. The summed E-state index contributed by atoms with van der Waals surface area (Å²) in [7, 11) is 0. The third-order valence-corrected chi connectivity index (χ3v) is 3.83. The first-order valence-electron chi connectivity index (χ1n) is 9.04. The monoisotopic (exact) mass is 396 g/mol. The van der Waals surface area contributed by atoms with Crippen LogP contribution in [0.1, 0.15) is 18.9 Å². The molecule has 0 saturated carbocycles. The average Bonchev–Trinajstić information content (AvgIpc) is 2.73. The molecule has 6 nitrogen and oxygen atoms in total. The van der Waals surface area contributed by atoms with Gasteiger partial charge in [-0.2, -0.15) is 5.26 Å². The van der Waals surface area contributed by atoms with E-state index < -0.39 is 24.3 Å². The zero-order valence-corrected chi connectivity index (χ0v) is 16.0. The number of amides is 1. The number of nitriles is 1. The second kappa shape index (κ2) is 11.2. The smallest absolute Gasteiger partial charge is 0.331 e. The molecule has 0 saturated heterocycles. The Hall–Kier alpha value is -3.66. The van der Waals surface area contributed by atoms with Gasteiger partial charge in [0.25, 0.3) is 5.91 Å². The molecule has 0 fully saturated rings. The zero-order valence-electron chi connectivity index (χ0n) is 16.0. The highest BCUT2D eigenvalue weighted by Crippen LogP contribution is 2.16. The second-order valence-electron chi connectivity index (χ2n) is 5.87. The fourth-order valence-electron chi connectivity index (χ4n) is 2.45. The van der Waals surface area contributed by atoms with Gasteiger partial charge < -0.3 is 14.4 Å². The van der Waals surface area contributed by atoms with Crippen LogP contribution in [0.2, 0.25) is 0 Å². The lowest BCUT2D eigenvalue weighted by atomic mass is 10.2. The molecule has 1 amide bonds. The number of hydrogen-bond donors (Lipinski definition) is 0. The number of anilines is 1. The highest BCUT2D eigenvalue weighted by atomic mass is 19.1. The lowest BCUT2D eigenvalue weighted by Gasteiger charge is -2.21. The molecule has 0 bridgehead atoms. The predicted molar refractivity (Wildman–Crippen MR) is 107 cm³/mol. The Bertz CT molecular complexity index is 887. The van der Waals surface area contributed by atoms with Gasteiger partial charge in [-0.1, -0.05) is 12.1 Å². The van der Waals surface area contributed by atoms with E-state index in [9.17, 15) is 14.0 Å². The molecule has 29 heavy (non-hydrogen) atoms. The van der Waals surface area contributed by atoms with Gasteiger partial charge in [0.1, 0.15) is 11.6 Å². The van der Waals surface area contributed by atoms with E-state index >= 15 is 0 Å². The minimum absolute atomic E-state index is 0.0920. The normalized spacial score (nSPS) is 10.4. The molecule has 2 aromatic rings. The summed E-state index contributed by atoms with van der Waals surface area (Å²) in [6, 6.07) is 14.4. The SMILES string of the molecule is CCOc1ccc(/C=C/C(=O)OCC(=O)N(CCC#N)c2ccc(F)cc2)cc1. The molecule has 0 N–H and O–H groups in total. The number of nitrogens with zero attached hydrogens (tertiary/aromatic N) is 2. The van der Waals surface area contributed by atoms with E-state index in [0.717, 1.165) is 11.3 Å². The van der Waals surface area contributed by atoms with Crippen LogP contribution >= 0.6 is 0 Å². The quantitative estimate of drug-likeness (QED) is 0.477. The van der Waals surface area contributed by atoms with E-state index in [1.54, 1.807) is 30.3 Å². The van der Waals surface area contributed by atoms with Crippen molar-refractivity contribution in [3.63, 3.8) is 0 Å². The lowest BCUT2D eigenvalue weighted by Crippen LogP contribution is -2.35. The third-order valence-electron chi connectivity index (χ3n) is 3.83. The molecular formula is C22H21FN2O4. The fourth-order valence-corrected chi connectivity index (χ4v) is 2.45. The van der Waals surface area contributed by atoms with E-state index in [2.05, 4.69) is 0 Å². The van der Waals surface area contributed by atoms with Crippen molar-refractivity contribution in [3.05, 3.63) is 66.0 Å². The van der Waals surface area contributed by atoms with Crippen LogP contribution in [0, 0.1) is 17.1 Å². The van der Waals surface area contributed by atoms with Gasteiger partial charge in [0.2, 0.25) is 0 Å². The Morgan fingerprint density at radius 2 is 1.83 bits per heavy atom. The molecular weight excluding hydrogens is 375 g/mol. The van der Waals surface area contributed by atoms with E-state index in [1.165, 1.54) is 35.2 Å². The van der Waals surface area contributed by atoms with Crippen molar-refractivity contribution in [1.29, 1.82) is 5.26 Å². The van der Waals surface area contributed by atoms with Crippen LogP contribution in [-0.4, -0.2) is 31.6 Å². The molecule has 150 valence electrons. The summed E-state index contributed by atoms with van der Waals surface area (Å²) in [5.41, 5.74) is 1.20. The van der Waals surface area contributed by atoms with Crippen molar-refractivity contribution in [3.8, 4) is 11.8 Å². The maximum absolute atomic E-state index is 13.1. The van der Waals surface area contributed by atoms with Crippen LogP contribution in [0.15, 0.2) is 54.6 Å². The Kier molecular flexibility index (Phi) is 8.39. The third kappa shape index (κ3) is 7.11. The van der Waals surface area contributed by atoms with Crippen molar-refractivity contribution in [2.24, 2.45) is 0 Å². The summed E-state index contributed by atoms with van der Waals surface area (Å²) in [5.74, 6) is -0.885. The van der Waals surface area contributed by atoms with Crippen molar-refractivity contribution >= 4 is 23.6 Å². The van der Waals surface area contributed by atoms with Gasteiger partial charge in [0.05, 0.1) is 19.1 Å². The summed E-state index contributed by atoms with van der Waals surface area (Å²) in [6.45, 7) is 2.08. The second-order valence-corrected chi connectivity index (χ2v) is 5.87. The molecule has 0 unspecified atom stereocenters. The Morgan fingerprint density at radius 3 is 2.45 bits per heavy atom. The van der Waals surface area contributed by atoms with Gasteiger partial charge in [-0.05, 0) is 55.0 Å². The van der Waals surface area contributed by atoms with Gasteiger partial charge >= 0.3 is 5.97 Å². The largest absolute Gasteiger partial charge is 0.494 e. The average molecular weight is 396 g/mol. The van der Waals surface area contributed by atoms with Crippen molar-refractivity contribution in [1.82, 2.24) is 0 Å². The molecule has 0 atom stereocenters. The first-order valence-corrected chi connectivity index (χ1v) is 9.04. The molecule has 2 aromatic carbocycles. The topological polar surface area (TPSA) is 79.6 Å². The minimum Gasteiger partial charge on any atom is -0.494 e. The van der Waals surface area contributed by atoms with Crippen LogP contribution in [0.5, 0.6) is 5.75 Å². The van der Waals surface area contributed by atoms with Crippen LogP contribution in [0.25, 0.3) is 6.08 Å². The number of carbonyl (C=O) groups excluding carboxylic acids is 2. The van der Waals surface area contributed by atoms with E-state index in [-0.39, 0.29) is 13.0 Å². The molecule has 0 radical (unpaired) electrons. The lowest BCUT2D eigenvalue weighted by molar-refractivity contribution is -0.142. The predicted octanol–water partition coefficient (Wildman–Crippen LogP) is 3.73. The van der Waals surface area contributed by atoms with E-state index in [0.29, 0.717) is 12.3 Å². The standard InChI is InChI=1S/C22H21FN2O4/c1-2-28-20-11-4-17(5-12-20)6-13-22(27)29-16-21(26)25(15-3-14-24)19-9-7-18(23)8-10-19/h4-13H,2-3,15-16H2,1H3/b13-6+. The number of benzene rings is 2. The molecule has 7 heteroatoms. The number of esters is 1. The van der Waals surface area contributed by atoms with Gasteiger partial charge in [0.15, 0.2) is 6.61 Å². The molecule has 0 heterocycles. The highest BCUT2D eigenvalue weighted by molar-refractivity contribution is 5.96. The Balaban J connectivity index is 1.93. The summed E-state index contributed by atoms with van der Waals surface area (Å²) >= 11 is 0. The van der Waals surface area contributed by atoms with Crippen LogP contribution in [0.3, 0.4) is 0 Å². The van der Waals surface area contributed by atoms with Crippen LogP contribution in [0.4, 0.5) is 10.1 Å². The van der Waals surface area contributed by atoms with Crippen molar-refractivity contribution in [2.75, 3.05) is 24.7 Å². The van der Waals surface area contributed by atoms with E-state index in [4.69, 9.17) is 14.7 Å². The number of ether oxygens (including phenoxy) is 2. The minimum atomic E-state index is -0.674. The van der Waals surface area contributed by atoms with Gasteiger partial charge in [-0.25, -0.2) is 9.18 Å². The molecule has 0 aliphatic heterocycles. The number of rotatable bonds is 9. The maximum Gasteiger partial charge on any atom is 0.331 e. The van der Waals surface area contributed by atoms with Crippen LogP contribution in [-0.2, 0) is 14.3 Å². The van der Waals surface area contributed by atoms with Crippen molar-refractivity contribution in [2.45, 2.75) is 13.3 Å². The summed E-state index contributed by atoms with van der Waals surface area (Å²) in [5, 5.41) is 8.78. The molecule has 0 aliphatic carbocycles. The summed E-state index contributed by atoms with van der Waals surface area (Å²) in [6.07, 6.45) is 2.88. The van der Waals surface area contributed by atoms with Gasteiger partial charge in [-0.3, -0.25) is 4.79 Å². The zero-order chi connectivity index (χ0) is 21.1. The number of carbonyl (C=O) groups is 2. The Morgan fingerprint density at radius 1 is 1.14 bits per heavy atom. The number of hydrogen-bond acceptors (Lipinski definition) is 5. The molecule has 0 aliphatic rings. The first kappa shape index (κ1) is 21.6.